The minimum Gasteiger partial charge on any atom is -0.477 e. The van der Waals surface area contributed by atoms with Gasteiger partial charge >= 0.3 is 5.97 Å². The zero-order chi connectivity index (χ0) is 22.8. The van der Waals surface area contributed by atoms with Gasteiger partial charge in [-0.1, -0.05) is 12.1 Å². The van der Waals surface area contributed by atoms with E-state index in [1.807, 2.05) is 25.2 Å². The van der Waals surface area contributed by atoms with E-state index in [1.165, 1.54) is 12.3 Å². The average Bonchev–Trinajstić information content (AvgIpc) is 3.18. The van der Waals surface area contributed by atoms with E-state index in [0.717, 1.165) is 10.9 Å². The molecule has 1 aliphatic heterocycles. The molecule has 1 amide bonds. The van der Waals surface area contributed by atoms with Crippen molar-refractivity contribution in [2.75, 3.05) is 31.6 Å². The van der Waals surface area contributed by atoms with Crippen molar-refractivity contribution in [1.82, 2.24) is 19.7 Å². The van der Waals surface area contributed by atoms with Crippen LogP contribution in [0.3, 0.4) is 0 Å². The molecule has 1 saturated heterocycles. The number of likely N-dealkylation sites (tertiary alicyclic amines) is 1. The third kappa shape index (κ3) is 4.32. The number of aryl methyl sites for hydroxylation is 1. The predicted molar refractivity (Wildman–Crippen MR) is 119 cm³/mol. The predicted octanol–water partition coefficient (Wildman–Crippen LogP) is 2.22. The average molecular weight is 435 g/mol. The molecule has 32 heavy (non-hydrogen) atoms. The number of benzene rings is 1. The van der Waals surface area contributed by atoms with Crippen molar-refractivity contribution in [3.8, 4) is 0 Å². The third-order valence-electron chi connectivity index (χ3n) is 6.03. The number of carbonyl (C=O) groups excluding carboxylic acids is 2. The lowest BCUT2D eigenvalue weighted by Gasteiger charge is -2.32. The number of carbonyl (C=O) groups is 3. The number of pyridine rings is 1. The Bertz CT molecular complexity index is 1160. The van der Waals surface area contributed by atoms with Crippen molar-refractivity contribution < 1.29 is 19.5 Å². The van der Waals surface area contributed by atoms with Gasteiger partial charge in [0.2, 0.25) is 5.91 Å². The first-order valence-electron chi connectivity index (χ1n) is 10.5. The second-order valence-corrected chi connectivity index (χ2v) is 8.12. The van der Waals surface area contributed by atoms with Crippen LogP contribution in [0.1, 0.15) is 33.7 Å². The smallest absolute Gasteiger partial charge is 0.354 e. The van der Waals surface area contributed by atoms with Crippen LogP contribution in [-0.2, 0) is 11.8 Å². The van der Waals surface area contributed by atoms with Crippen LogP contribution in [0.25, 0.3) is 10.9 Å². The molecule has 9 heteroatoms. The van der Waals surface area contributed by atoms with Crippen LogP contribution < -0.4 is 4.90 Å². The number of nitrogens with zero attached hydrogens (tertiary/aromatic N) is 5. The van der Waals surface area contributed by atoms with Gasteiger partial charge in [0.15, 0.2) is 5.78 Å². The summed E-state index contributed by atoms with van der Waals surface area (Å²) in [5.74, 6) is -1.11. The van der Waals surface area contributed by atoms with Crippen LogP contribution in [0, 0.1) is 5.92 Å². The van der Waals surface area contributed by atoms with Crippen LogP contribution in [0.2, 0.25) is 0 Å². The lowest BCUT2D eigenvalue weighted by molar-refractivity contribution is -0.130. The highest BCUT2D eigenvalue weighted by Crippen LogP contribution is 2.24. The molecule has 3 heterocycles. The molecule has 0 saturated carbocycles. The first kappa shape index (κ1) is 21.5. The summed E-state index contributed by atoms with van der Waals surface area (Å²) in [6.45, 7) is 1.23. The van der Waals surface area contributed by atoms with Crippen LogP contribution in [0.15, 0.2) is 42.7 Å². The van der Waals surface area contributed by atoms with Gasteiger partial charge in [0.25, 0.3) is 0 Å². The Morgan fingerprint density at radius 3 is 2.53 bits per heavy atom. The highest BCUT2D eigenvalue weighted by atomic mass is 16.4. The van der Waals surface area contributed by atoms with Gasteiger partial charge in [0, 0.05) is 44.1 Å². The maximum absolute atomic E-state index is 13.0. The van der Waals surface area contributed by atoms with E-state index in [2.05, 4.69) is 10.1 Å². The number of amides is 1. The minimum atomic E-state index is -1.09. The Hall–Kier alpha value is -3.75. The van der Waals surface area contributed by atoms with Gasteiger partial charge in [0.05, 0.1) is 30.1 Å². The van der Waals surface area contributed by atoms with E-state index < -0.39 is 5.97 Å². The molecule has 0 aliphatic carbocycles. The zero-order valence-corrected chi connectivity index (χ0v) is 18.1. The first-order valence-corrected chi connectivity index (χ1v) is 10.5. The molecule has 0 spiro atoms. The van der Waals surface area contributed by atoms with Crippen LogP contribution >= 0.6 is 0 Å². The first-order chi connectivity index (χ1) is 15.3. The standard InChI is InChI=1S/C23H25N5O4/c1-26(18-5-6-19(23(31)32)24-13-18)14-21(29)28-9-7-15(8-10-28)22(30)16-3-4-17-12-25-27(2)20(17)11-16/h3-6,11-13,15H,7-10,14H2,1-2H3,(H,31,32). The minimum absolute atomic E-state index is 0.0305. The number of carboxylic acids is 1. The van der Waals surface area contributed by atoms with Gasteiger partial charge in [-0.2, -0.15) is 5.10 Å². The molecule has 0 unspecified atom stereocenters. The number of Topliss-reactive ketones (excluding diaryl/α,β-unsaturated/α-hetero) is 1. The summed E-state index contributed by atoms with van der Waals surface area (Å²) >= 11 is 0. The maximum Gasteiger partial charge on any atom is 0.354 e. The molecule has 0 radical (unpaired) electrons. The van der Waals surface area contributed by atoms with Gasteiger partial charge < -0.3 is 14.9 Å². The third-order valence-corrected chi connectivity index (χ3v) is 6.03. The maximum atomic E-state index is 13.0. The van der Waals surface area contributed by atoms with Crippen molar-refractivity contribution in [2.45, 2.75) is 12.8 Å². The summed E-state index contributed by atoms with van der Waals surface area (Å²) in [6, 6.07) is 8.71. The number of fused-ring (bicyclic) bond motifs is 1. The lowest BCUT2D eigenvalue weighted by Crippen LogP contribution is -2.44. The topological polar surface area (TPSA) is 109 Å². The fourth-order valence-corrected chi connectivity index (χ4v) is 4.06. The molecule has 1 N–H and O–H groups in total. The van der Waals surface area contributed by atoms with Gasteiger partial charge in [-0.3, -0.25) is 14.3 Å². The molecule has 1 aromatic carbocycles. The Balaban J connectivity index is 1.33. The Kier molecular flexibility index (Phi) is 5.89. The van der Waals surface area contributed by atoms with Gasteiger partial charge in [-0.25, -0.2) is 9.78 Å². The molecule has 1 aliphatic rings. The fraction of sp³-hybridized carbons (Fsp3) is 0.348. The molecule has 0 bridgehead atoms. The molecule has 0 atom stereocenters. The molecular formula is C23H25N5O4. The Morgan fingerprint density at radius 1 is 1.12 bits per heavy atom. The van der Waals surface area contributed by atoms with Crippen LogP contribution in [0.5, 0.6) is 0 Å². The van der Waals surface area contributed by atoms with Crippen molar-refractivity contribution >= 4 is 34.3 Å². The lowest BCUT2D eigenvalue weighted by atomic mass is 9.88. The fourth-order valence-electron chi connectivity index (χ4n) is 4.06. The zero-order valence-electron chi connectivity index (χ0n) is 18.1. The van der Waals surface area contributed by atoms with Gasteiger partial charge in [-0.15, -0.1) is 0 Å². The van der Waals surface area contributed by atoms with Gasteiger partial charge in [0.1, 0.15) is 5.69 Å². The number of piperidine rings is 1. The van der Waals surface area contributed by atoms with Crippen molar-refractivity contribution in [3.05, 3.63) is 54.0 Å². The van der Waals surface area contributed by atoms with Crippen molar-refractivity contribution in [1.29, 1.82) is 0 Å². The van der Waals surface area contributed by atoms with E-state index in [0.29, 0.717) is 37.2 Å². The summed E-state index contributed by atoms with van der Waals surface area (Å²) in [6.07, 6.45) is 4.49. The summed E-state index contributed by atoms with van der Waals surface area (Å²) in [5, 5.41) is 14.2. The monoisotopic (exact) mass is 435 g/mol. The number of hydrogen-bond acceptors (Lipinski definition) is 6. The highest BCUT2D eigenvalue weighted by Gasteiger charge is 2.28. The quantitative estimate of drug-likeness (QED) is 0.592. The highest BCUT2D eigenvalue weighted by molar-refractivity contribution is 6.01. The number of hydrogen-bond donors (Lipinski definition) is 1. The number of aromatic nitrogens is 3. The molecular weight excluding hydrogens is 410 g/mol. The molecule has 9 nitrogen and oxygen atoms in total. The van der Waals surface area contributed by atoms with Crippen molar-refractivity contribution in [3.63, 3.8) is 0 Å². The number of likely N-dealkylation sites (N-methyl/N-ethyl adjacent to an activating group) is 1. The largest absolute Gasteiger partial charge is 0.477 e. The summed E-state index contributed by atoms with van der Waals surface area (Å²) in [7, 11) is 3.62. The van der Waals surface area contributed by atoms with E-state index in [-0.39, 0.29) is 29.8 Å². The van der Waals surface area contributed by atoms with Crippen molar-refractivity contribution in [2.24, 2.45) is 13.0 Å². The molecule has 3 aromatic rings. The molecule has 4 rings (SSSR count). The SMILES string of the molecule is CN(CC(=O)N1CCC(C(=O)c2ccc3cnn(C)c3c2)CC1)c1ccc(C(=O)O)nc1. The summed E-state index contributed by atoms with van der Waals surface area (Å²) in [5.41, 5.74) is 2.24. The molecule has 1 fully saturated rings. The van der Waals surface area contributed by atoms with E-state index >= 15 is 0 Å². The number of carboxylic acid groups (broad SMARTS) is 1. The van der Waals surface area contributed by atoms with Crippen LogP contribution in [-0.4, -0.2) is 69.1 Å². The number of rotatable bonds is 6. The summed E-state index contributed by atoms with van der Waals surface area (Å²) < 4.78 is 1.76. The van der Waals surface area contributed by atoms with Gasteiger partial charge in [-0.05, 0) is 31.0 Å². The van der Waals surface area contributed by atoms with E-state index in [4.69, 9.17) is 5.11 Å². The second kappa shape index (κ2) is 8.78. The van der Waals surface area contributed by atoms with E-state index in [9.17, 15) is 14.4 Å². The normalized spacial score (nSPS) is 14.5. The number of anilines is 1. The Labute approximate surface area is 185 Å². The number of aromatic carboxylic acids is 1. The van der Waals surface area contributed by atoms with Crippen LogP contribution in [0.4, 0.5) is 5.69 Å². The summed E-state index contributed by atoms with van der Waals surface area (Å²) in [4.78, 5) is 44.1. The second-order valence-electron chi connectivity index (χ2n) is 8.12. The number of ketones is 1. The molecule has 166 valence electrons. The Morgan fingerprint density at radius 2 is 1.88 bits per heavy atom. The van der Waals surface area contributed by atoms with E-state index in [1.54, 1.807) is 33.8 Å². The molecule has 2 aromatic heterocycles.